The summed E-state index contributed by atoms with van der Waals surface area (Å²) in [7, 11) is 0. The van der Waals surface area contributed by atoms with Gasteiger partial charge in [0.05, 0.1) is 33.5 Å². The fraction of sp³-hybridized carbons (Fsp3) is 0.225. The van der Waals surface area contributed by atoms with Gasteiger partial charge < -0.3 is 8.98 Å². The normalized spacial score (nSPS) is 12.6. The number of nitrogens with zero attached hydrogens (tertiary/aromatic N) is 6. The Labute approximate surface area is 458 Å². The summed E-state index contributed by atoms with van der Waals surface area (Å²) in [5.74, 6) is 2.34. The molecule has 0 amide bonds. The summed E-state index contributed by atoms with van der Waals surface area (Å²) in [4.78, 5) is 27.5. The average molecular weight is 1020 g/mol. The topological polar surface area (TPSA) is 82.5 Å². The molecule has 4 heterocycles. The van der Waals surface area contributed by atoms with Gasteiger partial charge in [-0.2, -0.15) is 0 Å². The fourth-order valence-corrected chi connectivity index (χ4v) is 10.6. The van der Waals surface area contributed by atoms with Gasteiger partial charge in [0.1, 0.15) is 11.2 Å². The molecule has 7 nitrogen and oxygen atoms in total. The van der Waals surface area contributed by atoms with E-state index in [0.29, 0.717) is 23.3 Å². The molecule has 4 aromatic heterocycles. The maximum Gasteiger partial charge on any atom is 0.164 e. The Morgan fingerprint density at radius 3 is 1.31 bits per heavy atom. The van der Waals surface area contributed by atoms with Crippen molar-refractivity contribution in [2.75, 3.05) is 0 Å². The van der Waals surface area contributed by atoms with Gasteiger partial charge in [0.2, 0.25) is 0 Å². The number of hydrogen-bond acceptors (Lipinski definition) is 6. The first-order valence-corrected chi connectivity index (χ1v) is 27.2. The van der Waals surface area contributed by atoms with Gasteiger partial charge in [-0.05, 0) is 117 Å². The summed E-state index contributed by atoms with van der Waals surface area (Å²) in [5, 5.41) is 4.30. The molecular formula is C71H66N6O. The number of fused-ring (bicyclic) bond motifs is 7. The van der Waals surface area contributed by atoms with E-state index in [1.54, 1.807) is 0 Å². The first-order chi connectivity index (χ1) is 37.2. The van der Waals surface area contributed by atoms with Crippen LogP contribution in [0.2, 0.25) is 0 Å². The Hall–Kier alpha value is -8.55. The van der Waals surface area contributed by atoms with Crippen molar-refractivity contribution in [1.29, 1.82) is 0 Å². The van der Waals surface area contributed by atoms with Crippen LogP contribution in [0, 0.1) is 0 Å². The molecule has 386 valence electrons. The third kappa shape index (κ3) is 9.25. The molecular weight excluding hydrogens is 953 g/mol. The van der Waals surface area contributed by atoms with E-state index in [-0.39, 0.29) is 21.7 Å². The van der Waals surface area contributed by atoms with Crippen LogP contribution < -0.4 is 0 Å². The van der Waals surface area contributed by atoms with Gasteiger partial charge >= 0.3 is 0 Å². The van der Waals surface area contributed by atoms with E-state index in [9.17, 15) is 0 Å². The number of furan rings is 1. The minimum Gasteiger partial charge on any atom is -0.455 e. The van der Waals surface area contributed by atoms with E-state index in [1.807, 2.05) is 24.3 Å². The van der Waals surface area contributed by atoms with Crippen LogP contribution in [0.25, 0.3) is 117 Å². The van der Waals surface area contributed by atoms with Gasteiger partial charge in [-0.25, -0.2) is 24.9 Å². The zero-order valence-electron chi connectivity index (χ0n) is 46.9. The molecule has 0 aliphatic carbocycles. The molecule has 0 aliphatic heterocycles. The molecule has 0 bridgehead atoms. The highest BCUT2D eigenvalue weighted by atomic mass is 16.3. The Balaban J connectivity index is 1.18. The Morgan fingerprint density at radius 1 is 0.333 bits per heavy atom. The summed E-state index contributed by atoms with van der Waals surface area (Å²) in [6, 6.07) is 64.5. The standard InChI is InChI=1S/C71H66N6O/c1-68(2,3)48-35-46(36-49(40-48)69(4,5)6)65-74-64(75-66(76-65)47-37-50(70(7,8)9)41-51(38-47)71(10,11)12)45-31-33-59(55(39-45)67-72-56(43-23-15-13-16-24-43)42-57(73-67)44-25-17-14-18-26-44)77-58-29-21-19-28-54(58)62-60(77)34-32-53-52-27-20-22-30-61(52)78-63(53)62/h13-42H,1-12H3. The minimum absolute atomic E-state index is 0.127. The lowest BCUT2D eigenvalue weighted by Crippen LogP contribution is -2.17. The van der Waals surface area contributed by atoms with Crippen molar-refractivity contribution in [2.45, 2.75) is 105 Å². The minimum atomic E-state index is -0.127. The second kappa shape index (κ2) is 18.6. The molecule has 0 atom stereocenters. The molecule has 0 N–H and O–H groups in total. The highest BCUT2D eigenvalue weighted by molar-refractivity contribution is 6.24. The van der Waals surface area contributed by atoms with E-state index in [0.717, 1.165) is 94.2 Å². The van der Waals surface area contributed by atoms with Crippen molar-refractivity contribution in [3.05, 3.63) is 204 Å². The van der Waals surface area contributed by atoms with Crippen LogP contribution in [0.4, 0.5) is 0 Å². The van der Waals surface area contributed by atoms with E-state index in [1.165, 1.54) is 22.3 Å². The monoisotopic (exact) mass is 1020 g/mol. The number of rotatable bonds is 7. The Bertz CT molecular complexity index is 4070. The van der Waals surface area contributed by atoms with E-state index in [4.69, 9.17) is 29.3 Å². The van der Waals surface area contributed by atoms with Crippen LogP contribution in [0.1, 0.15) is 105 Å². The second-order valence-corrected chi connectivity index (χ2v) is 25.1. The smallest absolute Gasteiger partial charge is 0.164 e. The maximum absolute atomic E-state index is 6.78. The molecule has 12 aromatic rings. The molecule has 0 saturated carbocycles. The molecule has 0 aliphatic rings. The van der Waals surface area contributed by atoms with Crippen molar-refractivity contribution >= 4 is 43.7 Å². The van der Waals surface area contributed by atoms with Gasteiger partial charge in [-0.15, -0.1) is 0 Å². The molecule has 0 unspecified atom stereocenters. The predicted octanol–water partition coefficient (Wildman–Crippen LogP) is 18.9. The van der Waals surface area contributed by atoms with Crippen LogP contribution in [-0.4, -0.2) is 29.5 Å². The Morgan fingerprint density at radius 2 is 0.795 bits per heavy atom. The largest absolute Gasteiger partial charge is 0.455 e. The molecule has 0 radical (unpaired) electrons. The van der Waals surface area contributed by atoms with Gasteiger partial charge in [-0.1, -0.05) is 192 Å². The number of aromatic nitrogens is 6. The fourth-order valence-electron chi connectivity index (χ4n) is 10.6. The van der Waals surface area contributed by atoms with E-state index >= 15 is 0 Å². The predicted molar refractivity (Wildman–Crippen MR) is 324 cm³/mol. The summed E-state index contributed by atoms with van der Waals surface area (Å²) in [6.45, 7) is 27.2. The van der Waals surface area contributed by atoms with E-state index in [2.05, 4.69) is 245 Å². The van der Waals surface area contributed by atoms with Gasteiger partial charge in [0.15, 0.2) is 23.3 Å². The van der Waals surface area contributed by atoms with Crippen LogP contribution in [0.15, 0.2) is 186 Å². The van der Waals surface area contributed by atoms with Crippen molar-refractivity contribution in [3.8, 4) is 73.8 Å². The first-order valence-electron chi connectivity index (χ1n) is 27.2. The van der Waals surface area contributed by atoms with Crippen LogP contribution in [-0.2, 0) is 21.7 Å². The van der Waals surface area contributed by atoms with Crippen LogP contribution in [0.5, 0.6) is 0 Å². The molecule has 12 rings (SSSR count). The lowest BCUT2D eigenvalue weighted by Gasteiger charge is -2.26. The third-order valence-corrected chi connectivity index (χ3v) is 15.3. The number of hydrogen-bond donors (Lipinski definition) is 0. The molecule has 0 saturated heterocycles. The molecule has 0 fully saturated rings. The summed E-state index contributed by atoms with van der Waals surface area (Å²) < 4.78 is 9.13. The van der Waals surface area contributed by atoms with Gasteiger partial charge in [0, 0.05) is 49.5 Å². The van der Waals surface area contributed by atoms with Crippen molar-refractivity contribution in [3.63, 3.8) is 0 Å². The summed E-state index contributed by atoms with van der Waals surface area (Å²) in [5.41, 5.74) is 16.2. The van der Waals surface area contributed by atoms with Gasteiger partial charge in [-0.3, -0.25) is 0 Å². The van der Waals surface area contributed by atoms with Gasteiger partial charge in [0.25, 0.3) is 0 Å². The van der Waals surface area contributed by atoms with Crippen LogP contribution in [0.3, 0.4) is 0 Å². The Kier molecular flexibility index (Phi) is 12.0. The maximum atomic E-state index is 6.78. The summed E-state index contributed by atoms with van der Waals surface area (Å²) in [6.07, 6.45) is 0. The quantitative estimate of drug-likeness (QED) is 0.158. The lowest BCUT2D eigenvalue weighted by molar-refractivity contribution is 0.568. The molecule has 7 heteroatoms. The average Bonchev–Trinajstić information content (AvgIpc) is 4.07. The third-order valence-electron chi connectivity index (χ3n) is 15.3. The second-order valence-electron chi connectivity index (χ2n) is 25.1. The number of benzene rings is 8. The zero-order chi connectivity index (χ0) is 54.5. The van der Waals surface area contributed by atoms with Crippen LogP contribution >= 0.6 is 0 Å². The SMILES string of the molecule is CC(C)(C)c1cc(-c2nc(-c3cc(C(C)(C)C)cc(C(C)(C)C)c3)nc(-c3ccc(-n4c5ccccc5c5c6oc7ccccc7c6ccc54)c(-c4nc(-c5ccccc5)cc(-c5ccccc5)n4)c3)n2)cc(C(C)(C)C)c1. The molecule has 78 heavy (non-hydrogen) atoms. The highest BCUT2D eigenvalue weighted by Gasteiger charge is 2.27. The lowest BCUT2D eigenvalue weighted by atomic mass is 9.79. The van der Waals surface area contributed by atoms with Crippen molar-refractivity contribution in [2.24, 2.45) is 0 Å². The van der Waals surface area contributed by atoms with E-state index < -0.39 is 0 Å². The summed E-state index contributed by atoms with van der Waals surface area (Å²) >= 11 is 0. The van der Waals surface area contributed by atoms with Crippen molar-refractivity contribution in [1.82, 2.24) is 29.5 Å². The van der Waals surface area contributed by atoms with Crippen molar-refractivity contribution < 1.29 is 4.42 Å². The zero-order valence-corrected chi connectivity index (χ0v) is 46.9. The first kappa shape index (κ1) is 50.3. The highest BCUT2D eigenvalue weighted by Crippen LogP contribution is 2.44. The molecule has 8 aromatic carbocycles. The molecule has 0 spiro atoms. The number of para-hydroxylation sites is 2.